The number of hydrogen-bond donors (Lipinski definition) is 1. The van der Waals surface area contributed by atoms with Crippen LogP contribution in [0.1, 0.15) is 21.7 Å². The van der Waals surface area contributed by atoms with Crippen molar-refractivity contribution in [1.82, 2.24) is 20.1 Å². The number of aryl methyl sites for hydroxylation is 1. The first kappa shape index (κ1) is 20.6. The van der Waals surface area contributed by atoms with Crippen molar-refractivity contribution in [3.63, 3.8) is 0 Å². The summed E-state index contributed by atoms with van der Waals surface area (Å²) in [5, 5.41) is 6.66. The van der Waals surface area contributed by atoms with Crippen LogP contribution in [0.2, 0.25) is 0 Å². The lowest BCUT2D eigenvalue weighted by molar-refractivity contribution is 0.173. The van der Waals surface area contributed by atoms with Crippen LogP contribution in [0.4, 0.5) is 0 Å². The fourth-order valence-electron chi connectivity index (χ4n) is 2.78. The van der Waals surface area contributed by atoms with Crippen molar-refractivity contribution in [2.45, 2.75) is 26.9 Å². The fraction of sp³-hybridized carbons (Fsp3) is 0.529. The van der Waals surface area contributed by atoms with Crippen molar-refractivity contribution in [3.05, 3.63) is 38.5 Å². The predicted octanol–water partition coefficient (Wildman–Crippen LogP) is 3.41. The zero-order chi connectivity index (χ0) is 16.8. The zero-order valence-electron chi connectivity index (χ0n) is 14.8. The molecule has 0 radical (unpaired) electrons. The molecule has 1 saturated heterocycles. The first-order valence-corrected chi connectivity index (χ1v) is 10.1. The molecular weight excluding hydrogens is 465 g/mol. The lowest BCUT2D eigenvalue weighted by atomic mass is 10.3. The van der Waals surface area contributed by atoms with Crippen LogP contribution < -0.4 is 5.32 Å². The number of nitrogens with zero attached hydrogens (tertiary/aromatic N) is 4. The average Bonchev–Trinajstić information content (AvgIpc) is 3.24. The second-order valence-electron chi connectivity index (χ2n) is 5.88. The third-order valence-electron chi connectivity index (χ3n) is 4.00. The highest BCUT2D eigenvalue weighted by molar-refractivity contribution is 14.0. The van der Waals surface area contributed by atoms with E-state index in [2.05, 4.69) is 51.5 Å². The van der Waals surface area contributed by atoms with E-state index in [0.717, 1.165) is 50.2 Å². The first-order valence-electron chi connectivity index (χ1n) is 8.44. The summed E-state index contributed by atoms with van der Waals surface area (Å²) in [6, 6.07) is 4.35. The van der Waals surface area contributed by atoms with E-state index in [1.54, 1.807) is 11.3 Å². The number of halogens is 1. The van der Waals surface area contributed by atoms with Crippen LogP contribution in [0.25, 0.3) is 0 Å². The van der Waals surface area contributed by atoms with Gasteiger partial charge in [0.25, 0.3) is 0 Å². The summed E-state index contributed by atoms with van der Waals surface area (Å²) < 4.78 is 0. The number of aromatic nitrogens is 1. The molecule has 3 heterocycles. The molecule has 8 heteroatoms. The molecule has 0 aliphatic carbocycles. The quantitative estimate of drug-likeness (QED) is 0.396. The molecule has 1 fully saturated rings. The van der Waals surface area contributed by atoms with Gasteiger partial charge in [0, 0.05) is 55.2 Å². The van der Waals surface area contributed by atoms with Crippen LogP contribution in [-0.4, -0.2) is 53.5 Å². The number of aliphatic imine (C=N–C) groups is 1. The number of rotatable bonds is 5. The van der Waals surface area contributed by atoms with Crippen molar-refractivity contribution in [3.8, 4) is 0 Å². The van der Waals surface area contributed by atoms with Crippen LogP contribution >= 0.6 is 46.7 Å². The lowest BCUT2D eigenvalue weighted by Gasteiger charge is -2.36. The fourth-order valence-corrected chi connectivity index (χ4v) is 4.24. The number of nitrogens with one attached hydrogen (secondary N) is 1. The molecule has 1 N–H and O–H groups in total. The maximum atomic E-state index is 4.78. The van der Waals surface area contributed by atoms with Gasteiger partial charge in [0.1, 0.15) is 5.01 Å². The van der Waals surface area contributed by atoms with Gasteiger partial charge in [-0.1, -0.05) is 6.07 Å². The van der Waals surface area contributed by atoms with Crippen LogP contribution in [-0.2, 0) is 13.1 Å². The monoisotopic (exact) mass is 491 g/mol. The minimum atomic E-state index is 0. The molecule has 3 rings (SSSR count). The molecule has 0 bridgehead atoms. The average molecular weight is 491 g/mol. The topological polar surface area (TPSA) is 43.8 Å². The summed E-state index contributed by atoms with van der Waals surface area (Å²) in [4.78, 5) is 16.8. The molecule has 0 spiro atoms. The molecule has 2 aromatic heterocycles. The van der Waals surface area contributed by atoms with E-state index in [1.165, 1.54) is 9.75 Å². The van der Waals surface area contributed by atoms with Gasteiger partial charge in [-0.15, -0.1) is 46.7 Å². The summed E-state index contributed by atoms with van der Waals surface area (Å²) in [5.74, 6) is 1.01. The van der Waals surface area contributed by atoms with Crippen molar-refractivity contribution >= 4 is 52.6 Å². The van der Waals surface area contributed by atoms with E-state index in [0.29, 0.717) is 6.54 Å². The summed E-state index contributed by atoms with van der Waals surface area (Å²) >= 11 is 3.57. The summed E-state index contributed by atoms with van der Waals surface area (Å²) in [5.41, 5.74) is 0. The van der Waals surface area contributed by atoms with E-state index in [-0.39, 0.29) is 24.0 Å². The Balaban J connectivity index is 0.00000225. The van der Waals surface area contributed by atoms with E-state index >= 15 is 0 Å². The SMILES string of the molecule is CCNC(=NCc1ncc(C)s1)N1CCN(Cc2cccs2)CC1.I. The van der Waals surface area contributed by atoms with Gasteiger partial charge in [-0.05, 0) is 25.3 Å². The molecule has 1 aliphatic rings. The number of thiazole rings is 1. The maximum Gasteiger partial charge on any atom is 0.194 e. The largest absolute Gasteiger partial charge is 0.357 e. The van der Waals surface area contributed by atoms with Crippen LogP contribution in [0.3, 0.4) is 0 Å². The molecule has 25 heavy (non-hydrogen) atoms. The number of guanidine groups is 1. The van der Waals surface area contributed by atoms with Crippen molar-refractivity contribution in [2.75, 3.05) is 32.7 Å². The Bertz CT molecular complexity index is 648. The van der Waals surface area contributed by atoms with Crippen LogP contribution in [0.5, 0.6) is 0 Å². The predicted molar refractivity (Wildman–Crippen MR) is 118 cm³/mol. The Morgan fingerprint density at radius 3 is 2.72 bits per heavy atom. The summed E-state index contributed by atoms with van der Waals surface area (Å²) in [7, 11) is 0. The second-order valence-corrected chi connectivity index (χ2v) is 8.23. The Morgan fingerprint density at radius 2 is 2.12 bits per heavy atom. The van der Waals surface area contributed by atoms with Gasteiger partial charge in [-0.2, -0.15) is 0 Å². The van der Waals surface area contributed by atoms with E-state index in [1.807, 2.05) is 17.5 Å². The Labute approximate surface area is 175 Å². The van der Waals surface area contributed by atoms with Crippen molar-refractivity contribution in [1.29, 1.82) is 0 Å². The van der Waals surface area contributed by atoms with Crippen LogP contribution in [0, 0.1) is 6.92 Å². The van der Waals surface area contributed by atoms with E-state index in [9.17, 15) is 0 Å². The summed E-state index contributed by atoms with van der Waals surface area (Å²) in [6.45, 7) is 11.0. The highest BCUT2D eigenvalue weighted by Crippen LogP contribution is 2.15. The van der Waals surface area contributed by atoms with Gasteiger partial charge in [0.2, 0.25) is 0 Å². The first-order chi connectivity index (χ1) is 11.7. The molecule has 0 saturated carbocycles. The summed E-state index contributed by atoms with van der Waals surface area (Å²) in [6.07, 6.45) is 1.92. The molecule has 1 aliphatic heterocycles. The minimum absolute atomic E-state index is 0. The normalized spacial score (nSPS) is 15.9. The van der Waals surface area contributed by atoms with Gasteiger partial charge < -0.3 is 10.2 Å². The van der Waals surface area contributed by atoms with E-state index < -0.39 is 0 Å². The molecule has 2 aromatic rings. The molecule has 0 aromatic carbocycles. The van der Waals surface area contributed by atoms with Crippen molar-refractivity contribution < 1.29 is 0 Å². The molecule has 0 atom stereocenters. The molecular formula is C17H26IN5S2. The molecule has 0 unspecified atom stereocenters. The second kappa shape index (κ2) is 10.4. The zero-order valence-corrected chi connectivity index (χ0v) is 18.7. The number of piperazine rings is 1. The number of hydrogen-bond acceptors (Lipinski definition) is 5. The molecule has 5 nitrogen and oxygen atoms in total. The van der Waals surface area contributed by atoms with Gasteiger partial charge in [-0.3, -0.25) is 4.90 Å². The van der Waals surface area contributed by atoms with Gasteiger partial charge in [0.15, 0.2) is 5.96 Å². The van der Waals surface area contributed by atoms with Crippen molar-refractivity contribution in [2.24, 2.45) is 4.99 Å². The van der Waals surface area contributed by atoms with Crippen LogP contribution in [0.15, 0.2) is 28.7 Å². The lowest BCUT2D eigenvalue weighted by Crippen LogP contribution is -2.52. The maximum absolute atomic E-state index is 4.78. The van der Waals surface area contributed by atoms with E-state index in [4.69, 9.17) is 4.99 Å². The third kappa shape index (κ3) is 6.19. The molecule has 0 amide bonds. The highest BCUT2D eigenvalue weighted by atomic mass is 127. The highest BCUT2D eigenvalue weighted by Gasteiger charge is 2.19. The van der Waals surface area contributed by atoms with Gasteiger partial charge >= 0.3 is 0 Å². The minimum Gasteiger partial charge on any atom is -0.357 e. The number of thiophene rings is 1. The Kier molecular flexibility index (Phi) is 8.60. The van der Waals surface area contributed by atoms with Gasteiger partial charge in [0.05, 0.1) is 6.54 Å². The van der Waals surface area contributed by atoms with Gasteiger partial charge in [-0.25, -0.2) is 9.98 Å². The molecule has 138 valence electrons. The Morgan fingerprint density at radius 1 is 1.32 bits per heavy atom. The Hall–Kier alpha value is -0.710. The smallest absolute Gasteiger partial charge is 0.194 e. The third-order valence-corrected chi connectivity index (χ3v) is 5.76. The standard InChI is InChI=1S/C17H25N5S2.HI/c1-3-18-17(20-12-16-19-11-14(2)24-16)22-8-6-21(7-9-22)13-15-5-4-10-23-15;/h4-5,10-11H,3,6-9,12-13H2,1-2H3,(H,18,20);1H.